The van der Waals surface area contributed by atoms with Gasteiger partial charge in [0.1, 0.15) is 22.3 Å². The summed E-state index contributed by atoms with van der Waals surface area (Å²) >= 11 is 0. The first kappa shape index (κ1) is 21.4. The number of rotatable bonds is 6. The normalized spacial score (nSPS) is 17.6. The Hall–Kier alpha value is -2.85. The first-order valence-electron chi connectivity index (χ1n) is 9.79. The van der Waals surface area contributed by atoms with Gasteiger partial charge in [-0.05, 0) is 49.1 Å². The van der Waals surface area contributed by atoms with Crippen molar-refractivity contribution in [3.8, 4) is 17.1 Å². The molecule has 164 valence electrons. The molecular formula is C21H21F2N3O4S. The molecule has 2 heterocycles. The average molecular weight is 449 g/mol. The van der Waals surface area contributed by atoms with E-state index in [1.807, 2.05) is 0 Å². The zero-order valence-corrected chi connectivity index (χ0v) is 17.6. The SMILES string of the molecule is COc1ccc(F)cc1S(=O)(=O)N1CCCC(Cc2nc(-c3ccccc3F)no2)C1. The van der Waals surface area contributed by atoms with E-state index in [9.17, 15) is 17.2 Å². The Bertz CT molecular complexity index is 1180. The van der Waals surface area contributed by atoms with E-state index in [4.69, 9.17) is 9.26 Å². The molecule has 7 nitrogen and oxygen atoms in total. The van der Waals surface area contributed by atoms with Gasteiger partial charge in [-0.3, -0.25) is 0 Å². The van der Waals surface area contributed by atoms with Crippen LogP contribution in [0.5, 0.6) is 5.75 Å². The number of aromatic nitrogens is 2. The Balaban J connectivity index is 1.51. The molecule has 1 aliphatic heterocycles. The fourth-order valence-corrected chi connectivity index (χ4v) is 5.46. The Morgan fingerprint density at radius 3 is 2.81 bits per heavy atom. The Kier molecular flexibility index (Phi) is 6.01. The molecule has 1 saturated heterocycles. The molecule has 0 saturated carbocycles. The Morgan fingerprint density at radius 1 is 1.23 bits per heavy atom. The van der Waals surface area contributed by atoms with E-state index < -0.39 is 21.7 Å². The van der Waals surface area contributed by atoms with E-state index in [1.165, 1.54) is 23.5 Å². The largest absolute Gasteiger partial charge is 0.495 e. The number of piperidine rings is 1. The van der Waals surface area contributed by atoms with E-state index in [1.54, 1.807) is 18.2 Å². The highest BCUT2D eigenvalue weighted by Gasteiger charge is 2.33. The third-order valence-electron chi connectivity index (χ3n) is 5.27. The van der Waals surface area contributed by atoms with E-state index in [2.05, 4.69) is 10.1 Å². The number of ether oxygens (including phenoxy) is 1. The predicted octanol–water partition coefficient (Wildman–Crippen LogP) is 3.67. The third kappa shape index (κ3) is 4.45. The highest BCUT2D eigenvalue weighted by atomic mass is 32.2. The molecule has 0 amide bonds. The van der Waals surface area contributed by atoms with Crippen LogP contribution in [0, 0.1) is 17.6 Å². The molecule has 10 heteroatoms. The van der Waals surface area contributed by atoms with Crippen molar-refractivity contribution in [3.63, 3.8) is 0 Å². The molecule has 2 aromatic carbocycles. The molecule has 1 atom stereocenters. The summed E-state index contributed by atoms with van der Waals surface area (Å²) in [6.45, 7) is 0.544. The van der Waals surface area contributed by atoms with Crippen LogP contribution in [-0.2, 0) is 16.4 Å². The van der Waals surface area contributed by atoms with Crippen molar-refractivity contribution in [1.29, 1.82) is 0 Å². The lowest BCUT2D eigenvalue weighted by Crippen LogP contribution is -2.40. The van der Waals surface area contributed by atoms with Gasteiger partial charge in [0.25, 0.3) is 0 Å². The van der Waals surface area contributed by atoms with Crippen LogP contribution in [0.4, 0.5) is 8.78 Å². The van der Waals surface area contributed by atoms with Crippen LogP contribution in [0.1, 0.15) is 18.7 Å². The summed E-state index contributed by atoms with van der Waals surface area (Å²) in [5, 5.41) is 3.84. The van der Waals surface area contributed by atoms with Crippen LogP contribution >= 0.6 is 0 Å². The second-order valence-corrected chi connectivity index (χ2v) is 9.27. The van der Waals surface area contributed by atoms with Crippen molar-refractivity contribution in [3.05, 3.63) is 60.0 Å². The molecule has 4 rings (SSSR count). The van der Waals surface area contributed by atoms with Crippen LogP contribution in [-0.4, -0.2) is 43.1 Å². The molecular weight excluding hydrogens is 428 g/mol. The van der Waals surface area contributed by atoms with Crippen LogP contribution in [0.25, 0.3) is 11.4 Å². The van der Waals surface area contributed by atoms with Gasteiger partial charge in [0, 0.05) is 19.5 Å². The standard InChI is InChI=1S/C21H21F2N3O4S/c1-29-18-9-8-15(22)12-19(18)31(27,28)26-10-4-5-14(13-26)11-20-24-21(25-30-20)16-6-2-3-7-17(16)23/h2-3,6-9,12,14H,4-5,10-11,13H2,1H3. The van der Waals surface area contributed by atoms with Crippen molar-refractivity contribution in [2.45, 2.75) is 24.2 Å². The summed E-state index contributed by atoms with van der Waals surface area (Å²) in [4.78, 5) is 4.07. The molecule has 1 aliphatic rings. The maximum absolute atomic E-state index is 13.9. The summed E-state index contributed by atoms with van der Waals surface area (Å²) in [6.07, 6.45) is 1.76. The van der Waals surface area contributed by atoms with Crippen LogP contribution in [0.2, 0.25) is 0 Å². The van der Waals surface area contributed by atoms with Gasteiger partial charge in [0.05, 0.1) is 12.7 Å². The fraction of sp³-hybridized carbons (Fsp3) is 0.333. The highest BCUT2D eigenvalue weighted by molar-refractivity contribution is 7.89. The number of benzene rings is 2. The van der Waals surface area contributed by atoms with Crippen molar-refractivity contribution in [1.82, 2.24) is 14.4 Å². The van der Waals surface area contributed by atoms with E-state index in [0.29, 0.717) is 25.3 Å². The Labute approximate surface area is 178 Å². The van der Waals surface area contributed by atoms with Crippen molar-refractivity contribution >= 4 is 10.0 Å². The van der Waals surface area contributed by atoms with Crippen molar-refractivity contribution < 1.29 is 26.5 Å². The molecule has 1 aromatic heterocycles. The van der Waals surface area contributed by atoms with Crippen LogP contribution in [0.3, 0.4) is 0 Å². The number of sulfonamides is 1. The van der Waals surface area contributed by atoms with Gasteiger partial charge in [-0.2, -0.15) is 9.29 Å². The summed E-state index contributed by atoms with van der Waals surface area (Å²) < 4.78 is 65.6. The minimum atomic E-state index is -3.94. The van der Waals surface area contributed by atoms with E-state index in [-0.39, 0.29) is 34.5 Å². The number of methoxy groups -OCH3 is 1. The summed E-state index contributed by atoms with van der Waals surface area (Å²) in [5.41, 5.74) is 0.239. The van der Waals surface area contributed by atoms with Gasteiger partial charge in [-0.1, -0.05) is 17.3 Å². The first-order valence-corrected chi connectivity index (χ1v) is 11.2. The number of hydrogen-bond acceptors (Lipinski definition) is 6. The zero-order chi connectivity index (χ0) is 22.0. The van der Waals surface area contributed by atoms with Gasteiger partial charge < -0.3 is 9.26 Å². The lowest BCUT2D eigenvalue weighted by atomic mass is 9.96. The molecule has 0 aliphatic carbocycles. The summed E-state index contributed by atoms with van der Waals surface area (Å²) in [7, 11) is -2.60. The molecule has 1 fully saturated rings. The van der Waals surface area contributed by atoms with Crippen molar-refractivity contribution in [2.24, 2.45) is 5.92 Å². The van der Waals surface area contributed by atoms with Crippen molar-refractivity contribution in [2.75, 3.05) is 20.2 Å². The monoisotopic (exact) mass is 449 g/mol. The molecule has 31 heavy (non-hydrogen) atoms. The fourth-order valence-electron chi connectivity index (χ4n) is 3.74. The summed E-state index contributed by atoms with van der Waals surface area (Å²) in [6, 6.07) is 9.55. The number of nitrogens with zero attached hydrogens (tertiary/aromatic N) is 3. The maximum Gasteiger partial charge on any atom is 0.246 e. The van der Waals surface area contributed by atoms with Gasteiger partial charge in [0.2, 0.25) is 21.7 Å². The van der Waals surface area contributed by atoms with Gasteiger partial charge >= 0.3 is 0 Å². The molecule has 0 N–H and O–H groups in total. The minimum absolute atomic E-state index is 0.0722. The number of halogens is 2. The zero-order valence-electron chi connectivity index (χ0n) is 16.8. The Morgan fingerprint density at radius 2 is 2.03 bits per heavy atom. The van der Waals surface area contributed by atoms with E-state index in [0.717, 1.165) is 18.6 Å². The van der Waals surface area contributed by atoms with E-state index >= 15 is 0 Å². The van der Waals surface area contributed by atoms with Gasteiger partial charge in [-0.25, -0.2) is 17.2 Å². The summed E-state index contributed by atoms with van der Waals surface area (Å²) in [5.74, 6) is -0.621. The van der Waals surface area contributed by atoms with Crippen LogP contribution in [0.15, 0.2) is 51.9 Å². The molecule has 0 spiro atoms. The second kappa shape index (κ2) is 8.72. The lowest BCUT2D eigenvalue weighted by molar-refractivity contribution is 0.246. The lowest BCUT2D eigenvalue weighted by Gasteiger charge is -2.31. The number of hydrogen-bond donors (Lipinski definition) is 0. The molecule has 0 radical (unpaired) electrons. The average Bonchev–Trinajstić information content (AvgIpc) is 3.22. The minimum Gasteiger partial charge on any atom is -0.495 e. The second-order valence-electron chi connectivity index (χ2n) is 7.36. The maximum atomic E-state index is 13.9. The van der Waals surface area contributed by atoms with Gasteiger partial charge in [-0.15, -0.1) is 0 Å². The first-order chi connectivity index (χ1) is 14.9. The smallest absolute Gasteiger partial charge is 0.246 e. The third-order valence-corrected chi connectivity index (χ3v) is 7.16. The van der Waals surface area contributed by atoms with Gasteiger partial charge in [0.15, 0.2) is 0 Å². The quantitative estimate of drug-likeness (QED) is 0.571. The molecule has 0 bridgehead atoms. The topological polar surface area (TPSA) is 85.5 Å². The predicted molar refractivity (Wildman–Crippen MR) is 108 cm³/mol. The van der Waals surface area contributed by atoms with Crippen LogP contribution < -0.4 is 4.74 Å². The highest BCUT2D eigenvalue weighted by Crippen LogP contribution is 2.31. The molecule has 3 aromatic rings. The molecule has 1 unspecified atom stereocenters.